The molecule has 5 aromatic rings. The molecule has 2 aromatic heterocycles. The minimum atomic E-state index is -0.103. The van der Waals surface area contributed by atoms with Gasteiger partial charge in [0.2, 0.25) is 5.91 Å². The highest BCUT2D eigenvalue weighted by atomic mass is 32.2. The number of aromatic nitrogens is 4. The first kappa shape index (κ1) is 19.4. The van der Waals surface area contributed by atoms with E-state index >= 15 is 0 Å². The molecule has 2 heterocycles. The topological polar surface area (TPSA) is 75.6 Å². The first-order valence-corrected chi connectivity index (χ1v) is 11.4. The molecule has 0 bridgehead atoms. The Labute approximate surface area is 183 Å². The number of anilines is 1. The summed E-state index contributed by atoms with van der Waals surface area (Å²) in [6, 6.07) is 23.5. The van der Waals surface area contributed by atoms with Crippen LogP contribution in [0.5, 0.6) is 0 Å². The smallest absolute Gasteiger partial charge is 0.244 e. The van der Waals surface area contributed by atoms with Crippen molar-refractivity contribution in [3.8, 4) is 11.4 Å². The number of thioether (sulfide) groups is 1. The molecular weight excluding hydrogens is 406 g/mol. The molecule has 5 rings (SSSR count). The van der Waals surface area contributed by atoms with Gasteiger partial charge in [-0.1, -0.05) is 36.4 Å². The molecular formula is C24H21N5OS. The zero-order valence-electron chi connectivity index (χ0n) is 17.0. The standard InChI is InChI=1S/C24H21N5OS/c1-31-15-22-25-20-12-6-7-13-21(20)29(22)14-23(30)26-17-9-3-2-8-16(17)24-27-18-10-4-5-11-19(18)28-24/h2-13H,14-15H2,1H3,(H,26,30)(H,27,28). The Hall–Kier alpha value is -3.58. The number of carbonyl (C=O) groups excluding carboxylic acids is 1. The molecule has 3 aromatic carbocycles. The lowest BCUT2D eigenvalue weighted by molar-refractivity contribution is -0.116. The van der Waals surface area contributed by atoms with Crippen LogP contribution in [-0.4, -0.2) is 31.7 Å². The Morgan fingerprint density at radius 1 is 0.968 bits per heavy atom. The molecule has 0 aliphatic rings. The molecule has 0 unspecified atom stereocenters. The fourth-order valence-corrected chi connectivity index (χ4v) is 4.23. The Balaban J connectivity index is 1.45. The highest BCUT2D eigenvalue weighted by Gasteiger charge is 2.16. The summed E-state index contributed by atoms with van der Waals surface area (Å²) in [5.74, 6) is 2.27. The summed E-state index contributed by atoms with van der Waals surface area (Å²) in [7, 11) is 0. The second-order valence-corrected chi connectivity index (χ2v) is 8.10. The number of benzene rings is 3. The van der Waals surface area contributed by atoms with Gasteiger partial charge in [0.15, 0.2) is 0 Å². The van der Waals surface area contributed by atoms with E-state index in [-0.39, 0.29) is 12.5 Å². The van der Waals surface area contributed by atoms with E-state index in [0.717, 1.165) is 50.7 Å². The average molecular weight is 428 g/mol. The zero-order valence-corrected chi connectivity index (χ0v) is 17.8. The summed E-state index contributed by atoms with van der Waals surface area (Å²) in [6.45, 7) is 0.199. The largest absolute Gasteiger partial charge is 0.338 e. The van der Waals surface area contributed by atoms with Crippen molar-refractivity contribution in [2.24, 2.45) is 0 Å². The molecule has 1 amide bonds. The van der Waals surface area contributed by atoms with Crippen LogP contribution in [0.4, 0.5) is 5.69 Å². The van der Waals surface area contributed by atoms with Gasteiger partial charge in [-0.2, -0.15) is 11.8 Å². The van der Waals surface area contributed by atoms with Crippen molar-refractivity contribution in [1.29, 1.82) is 0 Å². The predicted molar refractivity (Wildman–Crippen MR) is 127 cm³/mol. The molecule has 0 fully saturated rings. The van der Waals surface area contributed by atoms with Gasteiger partial charge in [0, 0.05) is 5.56 Å². The summed E-state index contributed by atoms with van der Waals surface area (Å²) in [5, 5.41) is 3.07. The van der Waals surface area contributed by atoms with Crippen LogP contribution >= 0.6 is 11.8 Å². The zero-order chi connectivity index (χ0) is 21.2. The van der Waals surface area contributed by atoms with Gasteiger partial charge in [0.05, 0.1) is 33.5 Å². The third-order valence-corrected chi connectivity index (χ3v) is 5.70. The van der Waals surface area contributed by atoms with Crippen LogP contribution in [0.3, 0.4) is 0 Å². The average Bonchev–Trinajstić information content (AvgIpc) is 3.36. The predicted octanol–water partition coefficient (Wildman–Crippen LogP) is 5.08. The van der Waals surface area contributed by atoms with Gasteiger partial charge in [-0.3, -0.25) is 4.79 Å². The van der Waals surface area contributed by atoms with Gasteiger partial charge in [-0.05, 0) is 42.7 Å². The maximum atomic E-state index is 13.0. The number of hydrogen-bond donors (Lipinski definition) is 2. The number of aromatic amines is 1. The maximum absolute atomic E-state index is 13.0. The van der Waals surface area contributed by atoms with Crippen LogP contribution < -0.4 is 5.32 Å². The maximum Gasteiger partial charge on any atom is 0.244 e. The SMILES string of the molecule is CSCc1nc2ccccc2n1CC(=O)Nc1ccccc1-c1nc2ccccc2[nH]1. The molecule has 0 aliphatic carbocycles. The van der Waals surface area contributed by atoms with Crippen LogP contribution in [0.15, 0.2) is 72.8 Å². The Morgan fingerprint density at radius 2 is 1.71 bits per heavy atom. The molecule has 0 spiro atoms. The van der Waals surface area contributed by atoms with E-state index in [4.69, 9.17) is 4.98 Å². The molecule has 0 saturated carbocycles. The van der Waals surface area contributed by atoms with E-state index in [0.29, 0.717) is 0 Å². The number of H-pyrrole nitrogens is 1. The highest BCUT2D eigenvalue weighted by molar-refractivity contribution is 7.97. The molecule has 0 atom stereocenters. The lowest BCUT2D eigenvalue weighted by Gasteiger charge is -2.12. The number of hydrogen-bond acceptors (Lipinski definition) is 4. The van der Waals surface area contributed by atoms with Crippen molar-refractivity contribution in [3.63, 3.8) is 0 Å². The number of nitrogens with zero attached hydrogens (tertiary/aromatic N) is 3. The Kier molecular flexibility index (Phi) is 5.18. The summed E-state index contributed by atoms with van der Waals surface area (Å²) >= 11 is 1.69. The third-order valence-electron chi connectivity index (χ3n) is 5.15. The summed E-state index contributed by atoms with van der Waals surface area (Å²) in [5.41, 5.74) is 5.30. The van der Waals surface area contributed by atoms with Gasteiger partial charge in [-0.25, -0.2) is 9.97 Å². The lowest BCUT2D eigenvalue weighted by Crippen LogP contribution is -2.20. The normalized spacial score (nSPS) is 11.3. The van der Waals surface area contributed by atoms with E-state index < -0.39 is 0 Å². The molecule has 6 nitrogen and oxygen atoms in total. The number of amides is 1. The van der Waals surface area contributed by atoms with E-state index in [1.54, 1.807) is 11.8 Å². The molecule has 0 saturated heterocycles. The molecule has 2 N–H and O–H groups in total. The van der Waals surface area contributed by atoms with Crippen LogP contribution in [0.2, 0.25) is 0 Å². The first-order chi connectivity index (χ1) is 15.2. The van der Waals surface area contributed by atoms with E-state index in [1.807, 2.05) is 83.6 Å². The number of para-hydroxylation sites is 5. The second-order valence-electron chi connectivity index (χ2n) is 7.23. The third kappa shape index (κ3) is 3.80. The minimum absolute atomic E-state index is 0.103. The molecule has 7 heteroatoms. The van der Waals surface area contributed by atoms with Crippen LogP contribution in [0.1, 0.15) is 5.82 Å². The molecule has 0 aliphatic heterocycles. The van der Waals surface area contributed by atoms with E-state index in [2.05, 4.69) is 15.3 Å². The summed E-state index contributed by atoms with van der Waals surface area (Å²) in [4.78, 5) is 25.8. The lowest BCUT2D eigenvalue weighted by atomic mass is 10.1. The van der Waals surface area contributed by atoms with Crippen molar-refractivity contribution in [1.82, 2.24) is 19.5 Å². The van der Waals surface area contributed by atoms with E-state index in [1.165, 1.54) is 0 Å². The number of nitrogens with one attached hydrogen (secondary N) is 2. The highest BCUT2D eigenvalue weighted by Crippen LogP contribution is 2.28. The Morgan fingerprint density at radius 3 is 2.55 bits per heavy atom. The van der Waals surface area contributed by atoms with Crippen molar-refractivity contribution < 1.29 is 4.79 Å². The van der Waals surface area contributed by atoms with Crippen molar-refractivity contribution in [3.05, 3.63) is 78.6 Å². The molecule has 154 valence electrons. The van der Waals surface area contributed by atoms with Gasteiger partial charge in [0.1, 0.15) is 18.2 Å². The number of fused-ring (bicyclic) bond motifs is 2. The minimum Gasteiger partial charge on any atom is -0.338 e. The molecule has 31 heavy (non-hydrogen) atoms. The van der Waals surface area contributed by atoms with Crippen molar-refractivity contribution >= 4 is 45.4 Å². The summed E-state index contributed by atoms with van der Waals surface area (Å²) < 4.78 is 1.99. The van der Waals surface area contributed by atoms with Crippen LogP contribution in [0, 0.1) is 0 Å². The number of rotatable bonds is 6. The molecule has 0 radical (unpaired) electrons. The van der Waals surface area contributed by atoms with Crippen LogP contribution in [0.25, 0.3) is 33.5 Å². The fourth-order valence-electron chi connectivity index (χ4n) is 3.75. The second kappa shape index (κ2) is 8.28. The summed E-state index contributed by atoms with van der Waals surface area (Å²) in [6.07, 6.45) is 2.04. The van der Waals surface area contributed by atoms with Gasteiger partial charge < -0.3 is 14.9 Å². The first-order valence-electron chi connectivity index (χ1n) is 10.00. The van der Waals surface area contributed by atoms with Crippen molar-refractivity contribution in [2.75, 3.05) is 11.6 Å². The van der Waals surface area contributed by atoms with E-state index in [9.17, 15) is 4.79 Å². The van der Waals surface area contributed by atoms with Crippen molar-refractivity contribution in [2.45, 2.75) is 12.3 Å². The fraction of sp³-hybridized carbons (Fsp3) is 0.125. The van der Waals surface area contributed by atoms with Gasteiger partial charge in [0.25, 0.3) is 0 Å². The van der Waals surface area contributed by atoms with Gasteiger partial charge >= 0.3 is 0 Å². The quantitative estimate of drug-likeness (QED) is 0.396. The number of carbonyl (C=O) groups is 1. The monoisotopic (exact) mass is 427 g/mol. The Bertz CT molecular complexity index is 1350. The van der Waals surface area contributed by atoms with Gasteiger partial charge in [-0.15, -0.1) is 0 Å². The number of imidazole rings is 2. The van der Waals surface area contributed by atoms with Crippen LogP contribution in [-0.2, 0) is 17.1 Å².